The third-order valence-electron chi connectivity index (χ3n) is 6.50. The average molecular weight is 509 g/mol. The second-order valence-corrected chi connectivity index (χ2v) is 9.90. The van der Waals surface area contributed by atoms with Crippen molar-refractivity contribution in [1.29, 1.82) is 0 Å². The fourth-order valence-corrected chi connectivity index (χ4v) is 4.29. The summed E-state index contributed by atoms with van der Waals surface area (Å²) in [5.74, 6) is -3.04. The lowest BCUT2D eigenvalue weighted by molar-refractivity contribution is -0.345. The zero-order valence-corrected chi connectivity index (χ0v) is 23.7. The van der Waals surface area contributed by atoms with Crippen LogP contribution in [0.4, 0.5) is 0 Å². The minimum atomic E-state index is -1.71. The van der Waals surface area contributed by atoms with Gasteiger partial charge in [0.15, 0.2) is 0 Å². The van der Waals surface area contributed by atoms with Gasteiger partial charge in [-0.25, -0.2) is 9.59 Å². The Hall–Kier alpha value is -1.62. The van der Waals surface area contributed by atoms with Gasteiger partial charge in [-0.05, 0) is 12.8 Å². The van der Waals surface area contributed by atoms with Crippen LogP contribution in [0.3, 0.4) is 0 Å². The Bertz CT molecular complexity index is 535. The summed E-state index contributed by atoms with van der Waals surface area (Å²) in [6.07, 6.45) is 26.4. The second-order valence-electron chi connectivity index (χ2n) is 9.90. The standard InChI is InChI=1S/C31H56O5/c1-5-9-11-13-15-17-19-21-23-25-27-31(35-29(32)7-3,36-30(33)8-4)34-28-26-24-22-20-18-16-14-12-10-6-2/h7-8H,3-6,9-28H2,1-2H3. The molecule has 0 atom stereocenters. The molecule has 0 aliphatic heterocycles. The number of esters is 2. The highest BCUT2D eigenvalue weighted by atomic mass is 16.9. The summed E-state index contributed by atoms with van der Waals surface area (Å²) in [7, 11) is 0. The van der Waals surface area contributed by atoms with Gasteiger partial charge in [0.1, 0.15) is 0 Å². The van der Waals surface area contributed by atoms with E-state index < -0.39 is 17.9 Å². The predicted octanol–water partition coefficient (Wildman–Crippen LogP) is 9.35. The lowest BCUT2D eigenvalue weighted by Crippen LogP contribution is -2.42. The van der Waals surface area contributed by atoms with Crippen LogP contribution >= 0.6 is 0 Å². The maximum absolute atomic E-state index is 12.0. The van der Waals surface area contributed by atoms with Gasteiger partial charge >= 0.3 is 17.9 Å². The topological polar surface area (TPSA) is 61.8 Å². The summed E-state index contributed by atoms with van der Waals surface area (Å²) >= 11 is 0. The lowest BCUT2D eigenvalue weighted by Gasteiger charge is -2.31. The number of carbonyl (C=O) groups is 2. The molecule has 0 radical (unpaired) electrons. The molecule has 0 amide bonds. The van der Waals surface area contributed by atoms with Crippen molar-refractivity contribution in [1.82, 2.24) is 0 Å². The number of ether oxygens (including phenoxy) is 3. The van der Waals surface area contributed by atoms with Gasteiger partial charge in [-0.1, -0.05) is 143 Å². The van der Waals surface area contributed by atoms with Crippen LogP contribution in [0.25, 0.3) is 0 Å². The van der Waals surface area contributed by atoms with E-state index in [9.17, 15) is 9.59 Å². The minimum Gasteiger partial charge on any atom is -0.395 e. The summed E-state index contributed by atoms with van der Waals surface area (Å²) in [4.78, 5) is 24.1. The summed E-state index contributed by atoms with van der Waals surface area (Å²) in [6, 6.07) is 0. The van der Waals surface area contributed by atoms with E-state index in [1.54, 1.807) is 0 Å². The van der Waals surface area contributed by atoms with Crippen molar-refractivity contribution in [2.24, 2.45) is 0 Å². The van der Waals surface area contributed by atoms with Crippen LogP contribution in [0.1, 0.15) is 149 Å². The molecule has 0 unspecified atom stereocenters. The van der Waals surface area contributed by atoms with Crippen LogP contribution in [0, 0.1) is 0 Å². The van der Waals surface area contributed by atoms with Gasteiger partial charge in [0.2, 0.25) is 0 Å². The molecule has 36 heavy (non-hydrogen) atoms. The average Bonchev–Trinajstić information content (AvgIpc) is 2.88. The molecule has 0 saturated carbocycles. The summed E-state index contributed by atoms with van der Waals surface area (Å²) in [5.41, 5.74) is 0. The molecule has 0 aliphatic rings. The van der Waals surface area contributed by atoms with Gasteiger partial charge in [-0.2, -0.15) is 0 Å². The van der Waals surface area contributed by atoms with Crippen molar-refractivity contribution < 1.29 is 23.8 Å². The monoisotopic (exact) mass is 508 g/mol. The van der Waals surface area contributed by atoms with E-state index in [4.69, 9.17) is 14.2 Å². The molecule has 0 aliphatic carbocycles. The molecule has 0 bridgehead atoms. The maximum Gasteiger partial charge on any atom is 0.376 e. The first-order valence-electron chi connectivity index (χ1n) is 14.9. The van der Waals surface area contributed by atoms with Crippen molar-refractivity contribution in [2.45, 2.75) is 155 Å². The van der Waals surface area contributed by atoms with Crippen LogP contribution in [0.15, 0.2) is 25.3 Å². The van der Waals surface area contributed by atoms with Gasteiger partial charge in [-0.3, -0.25) is 0 Å². The Kier molecular flexibility index (Phi) is 23.9. The lowest BCUT2D eigenvalue weighted by atomic mass is 10.1. The fraction of sp³-hybridized carbons (Fsp3) is 0.806. The van der Waals surface area contributed by atoms with E-state index in [2.05, 4.69) is 27.0 Å². The number of hydrogen-bond acceptors (Lipinski definition) is 5. The first-order chi connectivity index (χ1) is 17.5. The summed E-state index contributed by atoms with van der Waals surface area (Å²) in [6.45, 7) is 11.8. The van der Waals surface area contributed by atoms with Gasteiger partial charge < -0.3 is 14.2 Å². The summed E-state index contributed by atoms with van der Waals surface area (Å²) < 4.78 is 16.9. The highest BCUT2D eigenvalue weighted by molar-refractivity contribution is 5.83. The highest BCUT2D eigenvalue weighted by Crippen LogP contribution is 2.26. The third kappa shape index (κ3) is 20.6. The molecular weight excluding hydrogens is 452 g/mol. The Morgan fingerprint density at radius 1 is 0.556 bits per heavy atom. The van der Waals surface area contributed by atoms with E-state index in [1.165, 1.54) is 89.9 Å². The number of carbonyl (C=O) groups excluding carboxylic acids is 2. The molecule has 0 aromatic rings. The van der Waals surface area contributed by atoms with Crippen molar-refractivity contribution in [3.63, 3.8) is 0 Å². The largest absolute Gasteiger partial charge is 0.395 e. The van der Waals surface area contributed by atoms with Crippen LogP contribution in [-0.4, -0.2) is 24.5 Å². The van der Waals surface area contributed by atoms with Gasteiger partial charge in [0, 0.05) is 12.2 Å². The van der Waals surface area contributed by atoms with Gasteiger partial charge in [0.25, 0.3) is 0 Å². The molecule has 0 spiro atoms. The number of hydrogen-bond donors (Lipinski definition) is 0. The first-order valence-corrected chi connectivity index (χ1v) is 14.9. The van der Waals surface area contributed by atoms with Crippen LogP contribution in [-0.2, 0) is 23.8 Å². The zero-order valence-electron chi connectivity index (χ0n) is 23.7. The van der Waals surface area contributed by atoms with E-state index in [0.717, 1.165) is 50.7 Å². The molecule has 0 N–H and O–H groups in total. The first kappa shape index (κ1) is 34.4. The van der Waals surface area contributed by atoms with Crippen molar-refractivity contribution in [3.05, 3.63) is 25.3 Å². The molecule has 0 saturated heterocycles. The van der Waals surface area contributed by atoms with Gasteiger partial charge in [0.05, 0.1) is 13.0 Å². The van der Waals surface area contributed by atoms with Gasteiger partial charge in [-0.15, -0.1) is 0 Å². The van der Waals surface area contributed by atoms with Crippen molar-refractivity contribution >= 4 is 11.9 Å². The molecule has 210 valence electrons. The Morgan fingerprint density at radius 2 is 0.889 bits per heavy atom. The van der Waals surface area contributed by atoms with E-state index in [0.29, 0.717) is 13.0 Å². The van der Waals surface area contributed by atoms with Crippen molar-refractivity contribution in [3.8, 4) is 0 Å². The Morgan fingerprint density at radius 3 is 1.25 bits per heavy atom. The third-order valence-corrected chi connectivity index (χ3v) is 6.50. The number of unbranched alkanes of at least 4 members (excludes halogenated alkanes) is 18. The van der Waals surface area contributed by atoms with E-state index in [1.807, 2.05) is 0 Å². The molecule has 5 nitrogen and oxygen atoms in total. The molecule has 0 aromatic carbocycles. The minimum absolute atomic E-state index is 0.306. The number of rotatable bonds is 27. The SMILES string of the molecule is C=CC(=O)OC(CCCCCCCCCCCC)(OCCCCCCCCCCCC)OC(=O)C=C. The molecule has 0 heterocycles. The molecule has 0 aromatic heterocycles. The highest BCUT2D eigenvalue weighted by Gasteiger charge is 2.39. The van der Waals surface area contributed by atoms with Crippen LogP contribution in [0.2, 0.25) is 0 Å². The Labute approximate surface area is 222 Å². The smallest absolute Gasteiger partial charge is 0.376 e. The fourth-order valence-electron chi connectivity index (χ4n) is 4.29. The Balaban J connectivity index is 4.48. The molecule has 0 rings (SSSR count). The van der Waals surface area contributed by atoms with E-state index in [-0.39, 0.29) is 0 Å². The zero-order chi connectivity index (χ0) is 26.7. The molecule has 0 fully saturated rings. The van der Waals surface area contributed by atoms with Crippen molar-refractivity contribution in [2.75, 3.05) is 6.61 Å². The molecular formula is C31H56O5. The van der Waals surface area contributed by atoms with Crippen LogP contribution in [0.5, 0.6) is 0 Å². The normalized spacial score (nSPS) is 11.3. The maximum atomic E-state index is 12.0. The predicted molar refractivity (Wildman–Crippen MR) is 150 cm³/mol. The van der Waals surface area contributed by atoms with E-state index >= 15 is 0 Å². The second kappa shape index (κ2) is 25.0. The quantitative estimate of drug-likeness (QED) is 0.0478. The van der Waals surface area contributed by atoms with Crippen LogP contribution < -0.4 is 0 Å². The summed E-state index contributed by atoms with van der Waals surface area (Å²) in [5, 5.41) is 0. The molecule has 5 heteroatoms.